The van der Waals surface area contributed by atoms with Crippen molar-refractivity contribution < 1.29 is 19.4 Å². The van der Waals surface area contributed by atoms with Crippen molar-refractivity contribution in [3.63, 3.8) is 0 Å². The van der Waals surface area contributed by atoms with Crippen molar-refractivity contribution in [2.45, 2.75) is 13.5 Å². The average molecular weight is 383 g/mol. The van der Waals surface area contributed by atoms with Gasteiger partial charge in [-0.25, -0.2) is 4.79 Å². The number of hydrogen-bond acceptors (Lipinski definition) is 6. The van der Waals surface area contributed by atoms with Crippen LogP contribution >= 0.6 is 11.3 Å². The lowest BCUT2D eigenvalue weighted by molar-refractivity contribution is 0.0529. The van der Waals surface area contributed by atoms with E-state index in [0.29, 0.717) is 23.7 Å². The average Bonchev–Trinajstić information content (AvgIpc) is 3.11. The summed E-state index contributed by atoms with van der Waals surface area (Å²) in [6.07, 6.45) is 0. The van der Waals surface area contributed by atoms with E-state index < -0.39 is 0 Å². The lowest BCUT2D eigenvalue weighted by Crippen LogP contribution is -2.09. The number of phenolic OH excluding ortho intramolecular Hbond substituents is 1. The van der Waals surface area contributed by atoms with Crippen molar-refractivity contribution in [2.24, 2.45) is 0 Å². The van der Waals surface area contributed by atoms with Gasteiger partial charge < -0.3 is 19.9 Å². The summed E-state index contributed by atoms with van der Waals surface area (Å²) < 4.78 is 10.5. The van der Waals surface area contributed by atoms with Gasteiger partial charge in [0.05, 0.1) is 13.7 Å². The van der Waals surface area contributed by atoms with Gasteiger partial charge in [0.25, 0.3) is 0 Å². The minimum absolute atomic E-state index is 0.217. The predicted octanol–water partition coefficient (Wildman–Crippen LogP) is 4.92. The van der Waals surface area contributed by atoms with Crippen LogP contribution in [0.25, 0.3) is 11.1 Å². The molecular formula is C21H21NO4S. The van der Waals surface area contributed by atoms with Crippen LogP contribution in [0.1, 0.15) is 22.8 Å². The lowest BCUT2D eigenvalue weighted by Gasteiger charge is -2.10. The molecule has 6 heteroatoms. The van der Waals surface area contributed by atoms with Crippen molar-refractivity contribution in [3.8, 4) is 22.6 Å². The third-order valence-corrected chi connectivity index (χ3v) is 5.04. The van der Waals surface area contributed by atoms with Crippen LogP contribution in [-0.4, -0.2) is 24.8 Å². The highest BCUT2D eigenvalue weighted by atomic mass is 32.1. The molecular weight excluding hydrogens is 362 g/mol. The summed E-state index contributed by atoms with van der Waals surface area (Å²) in [5, 5.41) is 15.8. The molecule has 0 saturated carbocycles. The monoisotopic (exact) mass is 383 g/mol. The third kappa shape index (κ3) is 4.23. The third-order valence-electron chi connectivity index (χ3n) is 4.10. The smallest absolute Gasteiger partial charge is 0.341 e. The molecule has 2 aromatic carbocycles. The van der Waals surface area contributed by atoms with Gasteiger partial charge in [-0.3, -0.25) is 0 Å². The first-order chi connectivity index (χ1) is 13.1. The number of phenols is 1. The molecule has 3 aromatic rings. The van der Waals surface area contributed by atoms with Crippen molar-refractivity contribution in [1.29, 1.82) is 0 Å². The maximum atomic E-state index is 12.6. The Kier molecular flexibility index (Phi) is 5.98. The van der Waals surface area contributed by atoms with Crippen LogP contribution in [0.2, 0.25) is 0 Å². The molecule has 140 valence electrons. The maximum absolute atomic E-state index is 12.6. The van der Waals surface area contributed by atoms with Gasteiger partial charge in [-0.05, 0) is 30.7 Å². The number of thiophene rings is 1. The van der Waals surface area contributed by atoms with Crippen LogP contribution in [-0.2, 0) is 11.3 Å². The van der Waals surface area contributed by atoms with E-state index in [0.717, 1.165) is 22.4 Å². The van der Waals surface area contributed by atoms with Gasteiger partial charge >= 0.3 is 5.97 Å². The molecule has 0 fully saturated rings. The Hall–Kier alpha value is -2.99. The quantitative estimate of drug-likeness (QED) is 0.567. The van der Waals surface area contributed by atoms with Crippen LogP contribution in [0.15, 0.2) is 53.9 Å². The number of hydrogen-bond donors (Lipinski definition) is 2. The predicted molar refractivity (Wildman–Crippen MR) is 108 cm³/mol. The Morgan fingerprint density at radius 2 is 1.89 bits per heavy atom. The van der Waals surface area contributed by atoms with E-state index in [1.54, 1.807) is 26.2 Å². The minimum Gasteiger partial charge on any atom is -0.508 e. The van der Waals surface area contributed by atoms with Gasteiger partial charge in [-0.1, -0.05) is 30.3 Å². The second-order valence-corrected chi connectivity index (χ2v) is 6.66. The Morgan fingerprint density at radius 1 is 1.15 bits per heavy atom. The largest absolute Gasteiger partial charge is 0.508 e. The number of aromatic hydroxyl groups is 1. The summed E-state index contributed by atoms with van der Waals surface area (Å²) >= 11 is 1.44. The summed E-state index contributed by atoms with van der Waals surface area (Å²) in [6.45, 7) is 2.49. The van der Waals surface area contributed by atoms with Crippen LogP contribution in [0.5, 0.6) is 11.5 Å². The first-order valence-electron chi connectivity index (χ1n) is 8.57. The molecule has 0 amide bonds. The number of carbonyl (C=O) groups is 1. The Morgan fingerprint density at radius 3 is 2.56 bits per heavy atom. The molecule has 0 aliphatic rings. The fraction of sp³-hybridized carbons (Fsp3) is 0.190. The Labute approximate surface area is 162 Å². The lowest BCUT2D eigenvalue weighted by atomic mass is 10.0. The maximum Gasteiger partial charge on any atom is 0.341 e. The van der Waals surface area contributed by atoms with Crippen LogP contribution in [0.3, 0.4) is 0 Å². The number of ether oxygens (including phenoxy) is 2. The van der Waals surface area contributed by atoms with Crippen LogP contribution in [0.4, 0.5) is 5.00 Å². The number of nitrogens with one attached hydrogen (secondary N) is 1. The number of carbonyl (C=O) groups excluding carboxylic acids is 1. The molecule has 0 atom stereocenters. The van der Waals surface area contributed by atoms with Crippen molar-refractivity contribution >= 4 is 22.3 Å². The second kappa shape index (κ2) is 8.60. The molecule has 0 aliphatic heterocycles. The fourth-order valence-electron chi connectivity index (χ4n) is 2.71. The van der Waals surface area contributed by atoms with E-state index >= 15 is 0 Å². The van der Waals surface area contributed by atoms with Crippen molar-refractivity contribution in [2.75, 3.05) is 19.0 Å². The molecule has 1 heterocycles. The van der Waals surface area contributed by atoms with Gasteiger partial charge in [0.15, 0.2) is 0 Å². The van der Waals surface area contributed by atoms with E-state index in [1.165, 1.54) is 11.3 Å². The van der Waals surface area contributed by atoms with E-state index in [9.17, 15) is 9.90 Å². The Balaban J connectivity index is 1.92. The van der Waals surface area contributed by atoms with E-state index in [1.807, 2.05) is 41.8 Å². The van der Waals surface area contributed by atoms with Crippen molar-refractivity contribution in [1.82, 2.24) is 0 Å². The summed E-state index contributed by atoms with van der Waals surface area (Å²) in [4.78, 5) is 12.6. The highest BCUT2D eigenvalue weighted by molar-refractivity contribution is 7.15. The highest BCUT2D eigenvalue weighted by Gasteiger charge is 2.21. The van der Waals surface area contributed by atoms with Gasteiger partial charge in [0.2, 0.25) is 0 Å². The molecule has 5 nitrogen and oxygen atoms in total. The zero-order valence-corrected chi connectivity index (χ0v) is 16.0. The number of anilines is 1. The van der Waals surface area contributed by atoms with Crippen LogP contribution in [0, 0.1) is 0 Å². The van der Waals surface area contributed by atoms with E-state index in [2.05, 4.69) is 5.32 Å². The summed E-state index contributed by atoms with van der Waals surface area (Å²) in [5.41, 5.74) is 2.97. The van der Waals surface area contributed by atoms with Crippen molar-refractivity contribution in [3.05, 3.63) is 65.0 Å². The molecule has 0 spiro atoms. The molecule has 27 heavy (non-hydrogen) atoms. The summed E-state index contributed by atoms with van der Waals surface area (Å²) in [5.74, 6) is 0.600. The first-order valence-corrected chi connectivity index (χ1v) is 9.45. The zero-order chi connectivity index (χ0) is 19.2. The minimum atomic E-state index is -0.371. The van der Waals surface area contributed by atoms with E-state index in [-0.39, 0.29) is 11.7 Å². The number of benzene rings is 2. The Bertz CT molecular complexity index is 918. The molecule has 0 aliphatic carbocycles. The SMILES string of the molecule is CCOC(=O)c1c(-c2ccc(OC)cc2)csc1NCc1ccccc1O. The normalized spacial score (nSPS) is 10.4. The number of rotatable bonds is 7. The highest BCUT2D eigenvalue weighted by Crippen LogP contribution is 2.37. The van der Waals surface area contributed by atoms with Gasteiger partial charge in [0, 0.05) is 23.1 Å². The molecule has 2 N–H and O–H groups in total. The first kappa shape index (κ1) is 18.8. The topological polar surface area (TPSA) is 67.8 Å². The molecule has 0 unspecified atom stereocenters. The zero-order valence-electron chi connectivity index (χ0n) is 15.2. The van der Waals surface area contributed by atoms with E-state index in [4.69, 9.17) is 9.47 Å². The molecule has 1 aromatic heterocycles. The molecule has 0 bridgehead atoms. The fourth-order valence-corrected chi connectivity index (χ4v) is 3.67. The summed E-state index contributed by atoms with van der Waals surface area (Å²) in [6, 6.07) is 14.7. The number of methoxy groups -OCH3 is 1. The number of esters is 1. The second-order valence-electron chi connectivity index (χ2n) is 5.78. The van der Waals surface area contributed by atoms with Gasteiger partial charge in [-0.15, -0.1) is 11.3 Å². The number of para-hydroxylation sites is 1. The van der Waals surface area contributed by atoms with Gasteiger partial charge in [0.1, 0.15) is 22.1 Å². The van der Waals surface area contributed by atoms with Crippen LogP contribution < -0.4 is 10.1 Å². The molecule has 0 saturated heterocycles. The summed E-state index contributed by atoms with van der Waals surface area (Å²) in [7, 11) is 1.62. The molecule has 0 radical (unpaired) electrons. The van der Waals surface area contributed by atoms with Gasteiger partial charge in [-0.2, -0.15) is 0 Å². The standard InChI is InChI=1S/C21H21NO4S/c1-3-26-21(24)19-17(14-8-10-16(25-2)11-9-14)13-27-20(19)22-12-15-6-4-5-7-18(15)23/h4-11,13,22-23H,3,12H2,1-2H3. The molecule has 3 rings (SSSR count).